The van der Waals surface area contributed by atoms with E-state index in [2.05, 4.69) is 15.5 Å². The van der Waals surface area contributed by atoms with Crippen LogP contribution in [0, 0.1) is 11.3 Å². The Morgan fingerprint density at radius 3 is 2.53 bits per heavy atom. The van der Waals surface area contributed by atoms with Crippen molar-refractivity contribution in [3.63, 3.8) is 0 Å². The fourth-order valence-electron chi connectivity index (χ4n) is 6.03. The van der Waals surface area contributed by atoms with Crippen LogP contribution in [-0.2, 0) is 21.2 Å². The van der Waals surface area contributed by atoms with E-state index >= 15 is 0 Å². The van der Waals surface area contributed by atoms with E-state index in [-0.39, 0.29) is 15.5 Å². The number of carbonyl (C=O) groups is 1. The molecular weight excluding hydrogens is 567 g/mol. The SMILES string of the molecule is CC(=O)Nc1ncc(S(=O)(=O)N2CCC3(CC2)CC(Cc2c(-c4c(Cl)cccc4Cl)noc2C2CC2)C3)s1. The monoisotopic (exact) mass is 594 g/mol. The molecule has 6 rings (SSSR count). The minimum atomic E-state index is -3.63. The molecule has 8 nitrogen and oxygen atoms in total. The molecule has 0 radical (unpaired) electrons. The van der Waals surface area contributed by atoms with Crippen LogP contribution in [-0.4, -0.2) is 41.9 Å². The first-order valence-electron chi connectivity index (χ1n) is 12.8. The maximum atomic E-state index is 13.2. The van der Waals surface area contributed by atoms with Crippen LogP contribution in [0.1, 0.15) is 62.7 Å². The van der Waals surface area contributed by atoms with Crippen molar-refractivity contribution in [1.82, 2.24) is 14.4 Å². The van der Waals surface area contributed by atoms with Crippen molar-refractivity contribution in [3.8, 4) is 11.3 Å². The summed E-state index contributed by atoms with van der Waals surface area (Å²) in [7, 11) is -3.63. The smallest absolute Gasteiger partial charge is 0.254 e. The van der Waals surface area contributed by atoms with Gasteiger partial charge in [-0.25, -0.2) is 13.4 Å². The average Bonchev–Trinajstić information content (AvgIpc) is 3.44. The Morgan fingerprint density at radius 1 is 1.21 bits per heavy atom. The number of hydrogen-bond donors (Lipinski definition) is 1. The van der Waals surface area contributed by atoms with Gasteiger partial charge in [0.1, 0.15) is 11.5 Å². The van der Waals surface area contributed by atoms with Crippen molar-refractivity contribution < 1.29 is 17.7 Å². The predicted octanol–water partition coefficient (Wildman–Crippen LogP) is 6.36. The Bertz CT molecular complexity index is 1460. The third kappa shape index (κ3) is 4.90. The van der Waals surface area contributed by atoms with E-state index in [0.29, 0.717) is 40.1 Å². The first-order chi connectivity index (χ1) is 18.1. The second kappa shape index (κ2) is 9.89. The molecule has 3 aliphatic rings. The Hall–Kier alpha value is -1.98. The van der Waals surface area contributed by atoms with E-state index in [4.69, 9.17) is 27.7 Å². The second-order valence-electron chi connectivity index (χ2n) is 10.8. The van der Waals surface area contributed by atoms with E-state index in [1.807, 2.05) is 18.2 Å². The highest BCUT2D eigenvalue weighted by atomic mass is 35.5. The number of thiazole rings is 1. The number of anilines is 1. The lowest BCUT2D eigenvalue weighted by Crippen LogP contribution is -2.49. The number of piperidine rings is 1. The van der Waals surface area contributed by atoms with E-state index in [9.17, 15) is 13.2 Å². The summed E-state index contributed by atoms with van der Waals surface area (Å²) in [6.07, 6.45) is 8.20. The summed E-state index contributed by atoms with van der Waals surface area (Å²) < 4.78 is 33.9. The maximum Gasteiger partial charge on any atom is 0.254 e. The number of sulfonamides is 1. The van der Waals surface area contributed by atoms with E-state index in [0.717, 1.165) is 78.9 Å². The Labute approximate surface area is 235 Å². The normalized spacial score (nSPS) is 20.0. The molecule has 0 unspecified atom stereocenters. The van der Waals surface area contributed by atoms with Crippen LogP contribution in [0.25, 0.3) is 11.3 Å². The molecule has 1 spiro atoms. The van der Waals surface area contributed by atoms with E-state index in [1.54, 1.807) is 4.31 Å². The molecule has 3 heterocycles. The quantitative estimate of drug-likeness (QED) is 0.341. The summed E-state index contributed by atoms with van der Waals surface area (Å²) in [5.41, 5.74) is 2.79. The number of halogens is 2. The fourth-order valence-corrected chi connectivity index (χ4v) is 9.28. The lowest BCUT2D eigenvalue weighted by molar-refractivity contribution is -0.114. The van der Waals surface area contributed by atoms with Crippen LogP contribution in [0.5, 0.6) is 0 Å². The highest BCUT2D eigenvalue weighted by molar-refractivity contribution is 7.91. The molecule has 1 amide bonds. The summed E-state index contributed by atoms with van der Waals surface area (Å²) in [4.78, 5) is 15.3. The van der Waals surface area contributed by atoms with Crippen LogP contribution < -0.4 is 5.32 Å². The zero-order valence-electron chi connectivity index (χ0n) is 20.9. The summed E-state index contributed by atoms with van der Waals surface area (Å²) >= 11 is 14.0. The van der Waals surface area contributed by atoms with Gasteiger partial charge in [0.25, 0.3) is 10.0 Å². The third-order valence-electron chi connectivity index (χ3n) is 8.05. The molecule has 1 aliphatic heterocycles. The molecule has 1 N–H and O–H groups in total. The van der Waals surface area contributed by atoms with Gasteiger partial charge in [0.15, 0.2) is 9.34 Å². The molecule has 3 aromatic rings. The zero-order chi connectivity index (χ0) is 26.7. The first-order valence-corrected chi connectivity index (χ1v) is 15.8. The number of rotatable bonds is 7. The van der Waals surface area contributed by atoms with Gasteiger partial charge in [-0.3, -0.25) is 4.79 Å². The number of amides is 1. The molecule has 0 atom stereocenters. The van der Waals surface area contributed by atoms with Gasteiger partial charge in [-0.2, -0.15) is 4.31 Å². The molecular formula is C26H28Cl2N4O4S2. The molecule has 2 aliphatic carbocycles. The standard InChI is InChI=1S/C26H28Cl2N4O4S2/c1-15(33)30-25-29-14-21(37-25)38(34,35)32-9-7-26(8-10-32)12-16(13-26)11-18-23(31-36-24(18)17-5-6-17)22-19(27)3-2-4-20(22)28/h2-4,14,16-17H,5-13H2,1H3,(H,29,30,33). The molecule has 2 aromatic heterocycles. The molecule has 0 bridgehead atoms. The van der Waals surface area contributed by atoms with Gasteiger partial charge in [0.05, 0.1) is 16.2 Å². The lowest BCUT2D eigenvalue weighted by atomic mass is 9.56. The second-order valence-corrected chi connectivity index (χ2v) is 14.8. The van der Waals surface area contributed by atoms with Crippen LogP contribution in [0.4, 0.5) is 5.13 Å². The zero-order valence-corrected chi connectivity index (χ0v) is 24.0. The Balaban J connectivity index is 1.12. The Kier molecular flexibility index (Phi) is 6.83. The average molecular weight is 596 g/mol. The van der Waals surface area contributed by atoms with E-state index < -0.39 is 10.0 Å². The fraction of sp³-hybridized carbons (Fsp3) is 0.500. The minimum absolute atomic E-state index is 0.162. The highest BCUT2D eigenvalue weighted by Gasteiger charge is 2.48. The van der Waals surface area contributed by atoms with Gasteiger partial charge in [0, 0.05) is 37.1 Å². The van der Waals surface area contributed by atoms with Gasteiger partial charge in [-0.15, -0.1) is 0 Å². The van der Waals surface area contributed by atoms with Crippen molar-refractivity contribution in [1.29, 1.82) is 0 Å². The minimum Gasteiger partial charge on any atom is -0.360 e. The molecule has 202 valence electrons. The topological polar surface area (TPSA) is 105 Å². The first kappa shape index (κ1) is 26.3. The van der Waals surface area contributed by atoms with Crippen LogP contribution >= 0.6 is 34.5 Å². The van der Waals surface area contributed by atoms with E-state index in [1.165, 1.54) is 13.1 Å². The van der Waals surface area contributed by atoms with Crippen molar-refractivity contribution in [2.24, 2.45) is 11.3 Å². The maximum absolute atomic E-state index is 13.2. The highest BCUT2D eigenvalue weighted by Crippen LogP contribution is 2.55. The number of nitrogens with one attached hydrogen (secondary N) is 1. The van der Waals surface area contributed by atoms with Gasteiger partial charge in [-0.05, 0) is 68.4 Å². The summed E-state index contributed by atoms with van der Waals surface area (Å²) in [5.74, 6) is 1.60. The lowest BCUT2D eigenvalue weighted by Gasteiger charge is -2.52. The molecule has 1 saturated heterocycles. The van der Waals surface area contributed by atoms with Crippen LogP contribution in [0.3, 0.4) is 0 Å². The molecule has 2 saturated carbocycles. The number of benzene rings is 1. The van der Waals surface area contributed by atoms with Gasteiger partial charge >= 0.3 is 0 Å². The summed E-state index contributed by atoms with van der Waals surface area (Å²) in [5, 5.41) is 8.40. The van der Waals surface area contributed by atoms with Crippen molar-refractivity contribution >= 4 is 55.6 Å². The van der Waals surface area contributed by atoms with Gasteiger partial charge in [0.2, 0.25) is 5.91 Å². The molecule has 38 heavy (non-hydrogen) atoms. The van der Waals surface area contributed by atoms with Crippen LogP contribution in [0.15, 0.2) is 33.1 Å². The summed E-state index contributed by atoms with van der Waals surface area (Å²) in [6.45, 7) is 2.35. The Morgan fingerprint density at radius 2 is 1.89 bits per heavy atom. The summed E-state index contributed by atoms with van der Waals surface area (Å²) in [6, 6.07) is 5.48. The number of hydrogen-bond acceptors (Lipinski definition) is 7. The molecule has 3 fully saturated rings. The number of nitrogens with zero attached hydrogens (tertiary/aromatic N) is 3. The third-order valence-corrected chi connectivity index (χ3v) is 11.9. The number of carbonyl (C=O) groups excluding carboxylic acids is 1. The largest absolute Gasteiger partial charge is 0.360 e. The molecule has 12 heteroatoms. The van der Waals surface area contributed by atoms with Gasteiger partial charge < -0.3 is 9.84 Å². The molecule has 1 aromatic carbocycles. The van der Waals surface area contributed by atoms with Crippen LogP contribution in [0.2, 0.25) is 10.0 Å². The van der Waals surface area contributed by atoms with Crippen molar-refractivity contribution in [3.05, 3.63) is 45.8 Å². The predicted molar refractivity (Wildman–Crippen MR) is 147 cm³/mol. The van der Waals surface area contributed by atoms with Gasteiger partial charge in [-0.1, -0.05) is 45.8 Å². The van der Waals surface area contributed by atoms with Crippen molar-refractivity contribution in [2.75, 3.05) is 18.4 Å². The number of aromatic nitrogens is 2. The van der Waals surface area contributed by atoms with Crippen molar-refractivity contribution in [2.45, 2.75) is 62.0 Å².